The minimum atomic E-state index is 0.186. The maximum Gasteiger partial charge on any atom is 0.0379 e. The SMILES string of the molecule is C(=C\C(c1ccccc1)c1cccnc1)/Nc1ccccc1. The fraction of sp³-hybridized carbons (Fsp3) is 0.0500. The number of hydrogen-bond acceptors (Lipinski definition) is 2. The van der Waals surface area contributed by atoms with Crippen molar-refractivity contribution in [3.05, 3.63) is 109 Å². The Bertz CT molecular complexity index is 667. The standard InChI is InChI=1S/C20H18N2/c1-3-8-17(9-4-1)20(18-10-7-14-21-16-18)13-15-22-19-11-5-2-6-12-19/h1-16,20,22H/b15-13+. The van der Waals surface area contributed by atoms with Gasteiger partial charge in [-0.25, -0.2) is 0 Å². The highest BCUT2D eigenvalue weighted by atomic mass is 14.8. The first-order valence-electron chi connectivity index (χ1n) is 7.36. The molecule has 1 heterocycles. The molecule has 0 aliphatic heterocycles. The zero-order chi connectivity index (χ0) is 15.0. The summed E-state index contributed by atoms with van der Waals surface area (Å²) < 4.78 is 0. The molecule has 108 valence electrons. The highest BCUT2D eigenvalue weighted by molar-refractivity contribution is 5.46. The number of aromatic nitrogens is 1. The number of pyridine rings is 1. The molecule has 0 saturated heterocycles. The van der Waals surface area contributed by atoms with Gasteiger partial charge in [0.15, 0.2) is 0 Å². The van der Waals surface area contributed by atoms with Gasteiger partial charge < -0.3 is 5.32 Å². The van der Waals surface area contributed by atoms with E-state index in [2.05, 4.69) is 46.7 Å². The van der Waals surface area contributed by atoms with Crippen LogP contribution in [0.25, 0.3) is 0 Å². The fourth-order valence-corrected chi connectivity index (χ4v) is 2.41. The second-order valence-corrected chi connectivity index (χ2v) is 5.04. The molecule has 2 aromatic carbocycles. The van der Waals surface area contributed by atoms with Crippen LogP contribution in [0.1, 0.15) is 17.0 Å². The molecule has 1 atom stereocenters. The average molecular weight is 286 g/mol. The zero-order valence-corrected chi connectivity index (χ0v) is 12.3. The first-order chi connectivity index (χ1) is 10.9. The van der Waals surface area contributed by atoms with Gasteiger partial charge in [-0.05, 0) is 35.5 Å². The Balaban J connectivity index is 1.83. The van der Waals surface area contributed by atoms with Crippen LogP contribution in [-0.2, 0) is 0 Å². The fourth-order valence-electron chi connectivity index (χ4n) is 2.41. The molecule has 0 aliphatic rings. The van der Waals surface area contributed by atoms with Gasteiger partial charge in [0.05, 0.1) is 0 Å². The van der Waals surface area contributed by atoms with Crippen LogP contribution >= 0.6 is 0 Å². The first-order valence-corrected chi connectivity index (χ1v) is 7.36. The van der Waals surface area contributed by atoms with Crippen LogP contribution in [0.2, 0.25) is 0 Å². The Morgan fingerprint density at radius 3 is 2.14 bits per heavy atom. The molecule has 3 aromatic rings. The lowest BCUT2D eigenvalue weighted by Gasteiger charge is -2.13. The number of nitrogens with one attached hydrogen (secondary N) is 1. The number of hydrogen-bond donors (Lipinski definition) is 1. The van der Waals surface area contributed by atoms with Crippen LogP contribution < -0.4 is 5.32 Å². The normalized spacial score (nSPS) is 12.2. The van der Waals surface area contributed by atoms with E-state index in [1.807, 2.05) is 54.9 Å². The van der Waals surface area contributed by atoms with Crippen molar-refractivity contribution in [2.45, 2.75) is 5.92 Å². The first kappa shape index (κ1) is 14.1. The Morgan fingerprint density at radius 1 is 0.773 bits per heavy atom. The summed E-state index contributed by atoms with van der Waals surface area (Å²) in [6.07, 6.45) is 7.89. The molecule has 0 amide bonds. The molecule has 0 fully saturated rings. The molecule has 22 heavy (non-hydrogen) atoms. The average Bonchev–Trinajstić information content (AvgIpc) is 2.61. The van der Waals surface area contributed by atoms with Crippen LogP contribution in [0, 0.1) is 0 Å². The molecular formula is C20H18N2. The second kappa shape index (κ2) is 7.23. The maximum absolute atomic E-state index is 4.24. The molecule has 1 N–H and O–H groups in total. The summed E-state index contributed by atoms with van der Waals surface area (Å²) in [5.74, 6) is 0.186. The lowest BCUT2D eigenvalue weighted by atomic mass is 9.92. The number of allylic oxidation sites excluding steroid dienone is 1. The van der Waals surface area contributed by atoms with Gasteiger partial charge >= 0.3 is 0 Å². The summed E-state index contributed by atoms with van der Waals surface area (Å²) in [7, 11) is 0. The lowest BCUT2D eigenvalue weighted by molar-refractivity contribution is 1.00. The van der Waals surface area contributed by atoms with E-state index in [0.29, 0.717) is 0 Å². The van der Waals surface area contributed by atoms with Crippen molar-refractivity contribution < 1.29 is 0 Å². The summed E-state index contributed by atoms with van der Waals surface area (Å²) >= 11 is 0. The molecule has 2 nitrogen and oxygen atoms in total. The summed E-state index contributed by atoms with van der Waals surface area (Å²) in [5.41, 5.74) is 3.51. The Morgan fingerprint density at radius 2 is 1.45 bits per heavy atom. The van der Waals surface area contributed by atoms with Gasteiger partial charge in [0.25, 0.3) is 0 Å². The third-order valence-corrected chi connectivity index (χ3v) is 3.51. The van der Waals surface area contributed by atoms with E-state index < -0.39 is 0 Å². The maximum atomic E-state index is 4.24. The van der Waals surface area contributed by atoms with E-state index in [9.17, 15) is 0 Å². The van der Waals surface area contributed by atoms with Crippen molar-refractivity contribution in [2.24, 2.45) is 0 Å². The van der Waals surface area contributed by atoms with Crippen LogP contribution in [0.5, 0.6) is 0 Å². The molecular weight excluding hydrogens is 268 g/mol. The molecule has 0 spiro atoms. The van der Waals surface area contributed by atoms with Gasteiger partial charge in [-0.3, -0.25) is 4.98 Å². The smallest absolute Gasteiger partial charge is 0.0379 e. The summed E-state index contributed by atoms with van der Waals surface area (Å²) in [5, 5.41) is 3.31. The van der Waals surface area contributed by atoms with Gasteiger partial charge in [-0.15, -0.1) is 0 Å². The number of rotatable bonds is 5. The largest absolute Gasteiger partial charge is 0.362 e. The van der Waals surface area contributed by atoms with Crippen LogP contribution in [0.4, 0.5) is 5.69 Å². The third kappa shape index (κ3) is 3.61. The molecule has 0 aliphatic carbocycles. The van der Waals surface area contributed by atoms with E-state index in [-0.39, 0.29) is 5.92 Å². The molecule has 3 rings (SSSR count). The summed E-state index contributed by atoms with van der Waals surface area (Å²) in [6.45, 7) is 0. The molecule has 2 heteroatoms. The molecule has 1 aromatic heterocycles. The van der Waals surface area contributed by atoms with Gasteiger partial charge in [0.1, 0.15) is 0 Å². The predicted octanol–water partition coefficient (Wildman–Crippen LogP) is 4.84. The predicted molar refractivity (Wildman–Crippen MR) is 91.7 cm³/mol. The van der Waals surface area contributed by atoms with Crippen molar-refractivity contribution in [1.82, 2.24) is 4.98 Å². The van der Waals surface area contributed by atoms with Crippen molar-refractivity contribution in [3.63, 3.8) is 0 Å². The minimum Gasteiger partial charge on any atom is -0.362 e. The van der Waals surface area contributed by atoms with Gasteiger partial charge in [-0.1, -0.05) is 60.7 Å². The topological polar surface area (TPSA) is 24.9 Å². The van der Waals surface area contributed by atoms with Crippen molar-refractivity contribution in [1.29, 1.82) is 0 Å². The minimum absolute atomic E-state index is 0.186. The molecule has 0 radical (unpaired) electrons. The number of anilines is 1. The van der Waals surface area contributed by atoms with Crippen molar-refractivity contribution in [2.75, 3.05) is 5.32 Å². The van der Waals surface area contributed by atoms with Gasteiger partial charge in [0.2, 0.25) is 0 Å². The van der Waals surface area contributed by atoms with Crippen molar-refractivity contribution >= 4 is 5.69 Å². The molecule has 0 bridgehead atoms. The Kier molecular flexibility index (Phi) is 4.63. The number of para-hydroxylation sites is 1. The monoisotopic (exact) mass is 286 g/mol. The van der Waals surface area contributed by atoms with E-state index in [0.717, 1.165) is 5.69 Å². The number of benzene rings is 2. The van der Waals surface area contributed by atoms with Crippen LogP contribution in [-0.4, -0.2) is 4.98 Å². The Labute approximate surface area is 131 Å². The van der Waals surface area contributed by atoms with Gasteiger partial charge in [0, 0.05) is 24.0 Å². The zero-order valence-electron chi connectivity index (χ0n) is 12.3. The highest BCUT2D eigenvalue weighted by Crippen LogP contribution is 2.25. The summed E-state index contributed by atoms with van der Waals surface area (Å²) in [6, 6.07) is 24.7. The summed E-state index contributed by atoms with van der Waals surface area (Å²) in [4.78, 5) is 4.24. The highest BCUT2D eigenvalue weighted by Gasteiger charge is 2.10. The third-order valence-electron chi connectivity index (χ3n) is 3.51. The number of nitrogens with zero attached hydrogens (tertiary/aromatic N) is 1. The molecule has 0 saturated carbocycles. The Hall–Kier alpha value is -2.87. The molecule has 1 unspecified atom stereocenters. The van der Waals surface area contributed by atoms with E-state index in [4.69, 9.17) is 0 Å². The van der Waals surface area contributed by atoms with Gasteiger partial charge in [-0.2, -0.15) is 0 Å². The quantitative estimate of drug-likeness (QED) is 0.726. The van der Waals surface area contributed by atoms with E-state index >= 15 is 0 Å². The van der Waals surface area contributed by atoms with E-state index in [1.54, 1.807) is 6.20 Å². The van der Waals surface area contributed by atoms with Crippen LogP contribution in [0.15, 0.2) is 97.5 Å². The van der Waals surface area contributed by atoms with Crippen molar-refractivity contribution in [3.8, 4) is 0 Å². The lowest BCUT2D eigenvalue weighted by Crippen LogP contribution is -1.99. The van der Waals surface area contributed by atoms with Crippen LogP contribution in [0.3, 0.4) is 0 Å². The second-order valence-electron chi connectivity index (χ2n) is 5.04. The van der Waals surface area contributed by atoms with E-state index in [1.165, 1.54) is 11.1 Å².